The van der Waals surface area contributed by atoms with Gasteiger partial charge in [0, 0.05) is 30.4 Å². The highest BCUT2D eigenvalue weighted by Gasteiger charge is 2.54. The average Bonchev–Trinajstić information content (AvgIpc) is 3.07. The number of carbonyl (C=O) groups excluding carboxylic acids is 2. The summed E-state index contributed by atoms with van der Waals surface area (Å²) in [6, 6.07) is 2.60. The summed E-state index contributed by atoms with van der Waals surface area (Å²) in [7, 11) is 0. The van der Waals surface area contributed by atoms with E-state index in [1.165, 1.54) is 6.07 Å². The Balaban J connectivity index is 1.06. The number of nitrogens with one attached hydrogen (secondary N) is 1. The molecule has 2 spiro atoms. The number of likely N-dealkylation sites (tertiary alicyclic amines) is 2. The number of nitrogens with zero attached hydrogens (tertiary/aromatic N) is 3. The maximum atomic E-state index is 12.7. The van der Waals surface area contributed by atoms with E-state index in [9.17, 15) is 22.8 Å². The Morgan fingerprint density at radius 3 is 2.39 bits per heavy atom. The summed E-state index contributed by atoms with van der Waals surface area (Å²) in [6.07, 6.45) is 0.885. The van der Waals surface area contributed by atoms with Gasteiger partial charge in [-0.2, -0.15) is 13.2 Å². The van der Waals surface area contributed by atoms with Gasteiger partial charge in [0.05, 0.1) is 18.7 Å². The quantitative estimate of drug-likeness (QED) is 0.770. The monoisotopic (exact) mass is 438 g/mol. The number of cyclic esters (lactones) is 1. The summed E-state index contributed by atoms with van der Waals surface area (Å²) in [5.74, 6) is 0.417. The third kappa shape index (κ3) is 3.80. The molecule has 4 heterocycles. The molecule has 3 aliphatic heterocycles. The molecule has 0 aromatic carbocycles. The molecule has 31 heavy (non-hydrogen) atoms. The van der Waals surface area contributed by atoms with Gasteiger partial charge in [0.1, 0.15) is 12.1 Å². The minimum atomic E-state index is -4.36. The van der Waals surface area contributed by atoms with Crippen LogP contribution in [0.4, 0.5) is 22.8 Å². The first kappa shape index (κ1) is 20.4. The maximum absolute atomic E-state index is 12.7. The first-order chi connectivity index (χ1) is 14.7. The van der Waals surface area contributed by atoms with Crippen LogP contribution >= 0.6 is 0 Å². The van der Waals surface area contributed by atoms with E-state index in [0.717, 1.165) is 51.0 Å². The number of hydrogen-bond donors (Lipinski definition) is 1. The van der Waals surface area contributed by atoms with Crippen molar-refractivity contribution >= 4 is 12.1 Å². The predicted molar refractivity (Wildman–Crippen MR) is 103 cm³/mol. The molecule has 1 aromatic heterocycles. The molecular formula is C21H25F3N4O3. The standard InChI is InChI=1S/C21H25F3N4O3/c22-21(23,24)15-1-2-16(25-8-15)7-14-3-5-19(6-4-14)9-27(10-19)18(30)28-11-20(12-28)13-31-17(29)26-20/h1-2,8,14H,3-7,9-13H2,(H,26,29). The fraction of sp³-hybridized carbons (Fsp3) is 0.667. The zero-order valence-electron chi connectivity index (χ0n) is 17.1. The van der Waals surface area contributed by atoms with Crippen LogP contribution in [-0.2, 0) is 17.3 Å². The molecule has 0 atom stereocenters. The lowest BCUT2D eigenvalue weighted by atomic mass is 9.65. The summed E-state index contributed by atoms with van der Waals surface area (Å²) in [5, 5.41) is 2.78. The molecule has 1 aliphatic carbocycles. The fourth-order valence-electron chi connectivity index (χ4n) is 5.40. The van der Waals surface area contributed by atoms with Gasteiger partial charge in [0.2, 0.25) is 0 Å². The molecule has 3 saturated heterocycles. The van der Waals surface area contributed by atoms with Gasteiger partial charge >= 0.3 is 18.3 Å². The second kappa shape index (κ2) is 7.00. The molecule has 1 aromatic rings. The Hall–Kier alpha value is -2.52. The third-order valence-corrected chi connectivity index (χ3v) is 7.24. The highest BCUT2D eigenvalue weighted by atomic mass is 19.4. The van der Waals surface area contributed by atoms with Crippen LogP contribution in [0.5, 0.6) is 0 Å². The molecule has 4 fully saturated rings. The predicted octanol–water partition coefficient (Wildman–Crippen LogP) is 3.05. The molecule has 4 aliphatic rings. The SMILES string of the molecule is O=C1NC2(CO1)CN(C(=O)N1CC3(CCC(Cc4ccc(C(F)(F)F)cn4)CC3)C1)C2. The van der Waals surface area contributed by atoms with Gasteiger partial charge in [0.25, 0.3) is 0 Å². The zero-order chi connectivity index (χ0) is 21.9. The number of alkyl halides is 3. The molecule has 5 rings (SSSR count). The Bertz CT molecular complexity index is 867. The zero-order valence-corrected chi connectivity index (χ0v) is 17.1. The number of hydrogen-bond acceptors (Lipinski definition) is 4. The van der Waals surface area contributed by atoms with E-state index in [1.54, 1.807) is 4.90 Å². The largest absolute Gasteiger partial charge is 0.447 e. The van der Waals surface area contributed by atoms with Crippen LogP contribution in [0, 0.1) is 11.3 Å². The Morgan fingerprint density at radius 2 is 1.84 bits per heavy atom. The molecule has 1 saturated carbocycles. The van der Waals surface area contributed by atoms with Crippen molar-refractivity contribution in [3.63, 3.8) is 0 Å². The minimum absolute atomic E-state index is 0.0217. The maximum Gasteiger partial charge on any atom is 0.417 e. The Morgan fingerprint density at radius 1 is 1.16 bits per heavy atom. The summed E-state index contributed by atoms with van der Waals surface area (Å²) >= 11 is 0. The number of alkyl carbamates (subject to hydrolysis) is 1. The van der Waals surface area contributed by atoms with Crippen LogP contribution in [0.2, 0.25) is 0 Å². The number of halogens is 3. The first-order valence-electron chi connectivity index (χ1n) is 10.7. The van der Waals surface area contributed by atoms with E-state index in [-0.39, 0.29) is 11.4 Å². The van der Waals surface area contributed by atoms with Gasteiger partial charge in [-0.3, -0.25) is 4.98 Å². The average molecular weight is 438 g/mol. The van der Waals surface area contributed by atoms with Gasteiger partial charge in [-0.05, 0) is 50.2 Å². The summed E-state index contributed by atoms with van der Waals surface area (Å²) in [5.41, 5.74) is -0.241. The van der Waals surface area contributed by atoms with Crippen molar-refractivity contribution in [1.82, 2.24) is 20.1 Å². The van der Waals surface area contributed by atoms with Crippen LogP contribution in [0.25, 0.3) is 0 Å². The van der Waals surface area contributed by atoms with Crippen LogP contribution < -0.4 is 5.32 Å². The lowest BCUT2D eigenvalue weighted by Crippen LogP contribution is -2.73. The van der Waals surface area contributed by atoms with E-state index in [4.69, 9.17) is 4.74 Å². The van der Waals surface area contributed by atoms with E-state index in [0.29, 0.717) is 37.7 Å². The molecule has 168 valence electrons. The van der Waals surface area contributed by atoms with Gasteiger partial charge in [-0.25, -0.2) is 9.59 Å². The number of rotatable bonds is 2. The summed E-state index contributed by atoms with van der Waals surface area (Å²) in [6.45, 7) is 2.80. The number of ether oxygens (including phenoxy) is 1. The van der Waals surface area contributed by atoms with E-state index in [1.807, 2.05) is 4.90 Å². The van der Waals surface area contributed by atoms with Gasteiger partial charge in [-0.1, -0.05) is 0 Å². The Kier molecular flexibility index (Phi) is 4.60. The number of carbonyl (C=O) groups is 2. The topological polar surface area (TPSA) is 74.8 Å². The smallest absolute Gasteiger partial charge is 0.417 e. The minimum Gasteiger partial charge on any atom is -0.447 e. The first-order valence-corrected chi connectivity index (χ1v) is 10.7. The van der Waals surface area contributed by atoms with Crippen LogP contribution in [0.15, 0.2) is 18.3 Å². The normalized spacial score (nSPS) is 24.5. The lowest BCUT2D eigenvalue weighted by Gasteiger charge is -2.56. The second-order valence-corrected chi connectivity index (χ2v) is 9.66. The molecule has 7 nitrogen and oxygen atoms in total. The van der Waals surface area contributed by atoms with Crippen LogP contribution in [-0.4, -0.2) is 65.2 Å². The van der Waals surface area contributed by atoms with Crippen molar-refractivity contribution in [1.29, 1.82) is 0 Å². The highest BCUT2D eigenvalue weighted by molar-refractivity contribution is 5.78. The fourth-order valence-corrected chi connectivity index (χ4v) is 5.40. The highest BCUT2D eigenvalue weighted by Crippen LogP contribution is 2.47. The Labute approximate surface area is 177 Å². The van der Waals surface area contributed by atoms with Crippen molar-refractivity contribution in [2.45, 2.75) is 43.8 Å². The number of urea groups is 1. The number of pyridine rings is 1. The van der Waals surface area contributed by atoms with E-state index < -0.39 is 23.4 Å². The molecule has 3 amide bonds. The number of amides is 3. The molecule has 0 unspecified atom stereocenters. The van der Waals surface area contributed by atoms with Gasteiger partial charge in [-0.15, -0.1) is 0 Å². The van der Waals surface area contributed by atoms with Crippen molar-refractivity contribution in [3.8, 4) is 0 Å². The second-order valence-electron chi connectivity index (χ2n) is 9.66. The van der Waals surface area contributed by atoms with E-state index >= 15 is 0 Å². The van der Waals surface area contributed by atoms with Gasteiger partial charge in [0.15, 0.2) is 0 Å². The summed E-state index contributed by atoms with van der Waals surface area (Å²) < 4.78 is 43.0. The van der Waals surface area contributed by atoms with Crippen molar-refractivity contribution in [2.24, 2.45) is 11.3 Å². The molecule has 0 radical (unpaired) electrons. The van der Waals surface area contributed by atoms with Crippen LogP contribution in [0.1, 0.15) is 36.9 Å². The van der Waals surface area contributed by atoms with Crippen LogP contribution in [0.3, 0.4) is 0 Å². The third-order valence-electron chi connectivity index (χ3n) is 7.24. The number of aromatic nitrogens is 1. The summed E-state index contributed by atoms with van der Waals surface area (Å²) in [4.78, 5) is 31.5. The lowest BCUT2D eigenvalue weighted by molar-refractivity contribution is -0.137. The molecular weight excluding hydrogens is 413 g/mol. The molecule has 1 N–H and O–H groups in total. The van der Waals surface area contributed by atoms with Crippen molar-refractivity contribution in [3.05, 3.63) is 29.6 Å². The molecule has 10 heteroatoms. The van der Waals surface area contributed by atoms with Crippen molar-refractivity contribution in [2.75, 3.05) is 32.8 Å². The van der Waals surface area contributed by atoms with Gasteiger partial charge < -0.3 is 19.9 Å². The van der Waals surface area contributed by atoms with E-state index in [2.05, 4.69) is 10.3 Å². The molecule has 0 bridgehead atoms. The van der Waals surface area contributed by atoms with Crippen molar-refractivity contribution < 1.29 is 27.5 Å².